The molecule has 1 N–H and O–H groups in total. The molecule has 5 heteroatoms. The standard InChI is InChI=1S/C26H28N2O3/c29-23-7-1-5-20-24-21(6-3-15-30-24)26(31-25(20)23)10-13-28(14-11-26)17-18-8-9-22-19(16-18)4-2-12-27-22/h1-2,4-5,7-9,12,16,21,24,29H,3,6,10-11,13-15,17H2/t21-,24+/m0/s1. The highest BCUT2D eigenvalue weighted by Crippen LogP contribution is 2.55. The zero-order valence-electron chi connectivity index (χ0n) is 17.7. The second kappa shape index (κ2) is 7.50. The lowest BCUT2D eigenvalue weighted by Gasteiger charge is -2.53. The molecule has 3 aromatic rings. The summed E-state index contributed by atoms with van der Waals surface area (Å²) in [5, 5.41) is 11.7. The van der Waals surface area contributed by atoms with E-state index in [2.05, 4.69) is 40.2 Å². The molecule has 0 unspecified atom stereocenters. The van der Waals surface area contributed by atoms with Crippen LogP contribution in [0, 0.1) is 5.92 Å². The van der Waals surface area contributed by atoms with Crippen molar-refractivity contribution in [2.24, 2.45) is 5.92 Å². The first kappa shape index (κ1) is 19.1. The maximum Gasteiger partial charge on any atom is 0.167 e. The number of phenolic OH excluding ortho intramolecular Hbond substituents is 1. The summed E-state index contributed by atoms with van der Waals surface area (Å²) >= 11 is 0. The number of fused-ring (bicyclic) bond motifs is 5. The minimum atomic E-state index is -0.249. The van der Waals surface area contributed by atoms with Crippen LogP contribution >= 0.6 is 0 Å². The van der Waals surface area contributed by atoms with Gasteiger partial charge < -0.3 is 14.6 Å². The summed E-state index contributed by atoms with van der Waals surface area (Å²) in [6, 6.07) is 16.3. The molecule has 1 spiro atoms. The van der Waals surface area contributed by atoms with Crippen molar-refractivity contribution >= 4 is 10.9 Å². The molecular formula is C26H28N2O3. The summed E-state index contributed by atoms with van der Waals surface area (Å²) < 4.78 is 12.9. The molecule has 0 bridgehead atoms. The van der Waals surface area contributed by atoms with E-state index in [9.17, 15) is 5.11 Å². The Morgan fingerprint density at radius 3 is 2.90 bits per heavy atom. The number of para-hydroxylation sites is 1. The van der Waals surface area contributed by atoms with Gasteiger partial charge in [-0.15, -0.1) is 0 Å². The molecule has 2 aromatic carbocycles. The molecule has 0 radical (unpaired) electrons. The molecule has 31 heavy (non-hydrogen) atoms. The summed E-state index contributed by atoms with van der Waals surface area (Å²) in [4.78, 5) is 6.95. The Morgan fingerprint density at radius 2 is 2.00 bits per heavy atom. The van der Waals surface area contributed by atoms with E-state index in [0.717, 1.165) is 63.0 Å². The van der Waals surface area contributed by atoms with Crippen LogP contribution in [0.3, 0.4) is 0 Å². The van der Waals surface area contributed by atoms with Gasteiger partial charge in [-0.3, -0.25) is 9.88 Å². The van der Waals surface area contributed by atoms with Crippen LogP contribution < -0.4 is 4.74 Å². The van der Waals surface area contributed by atoms with Crippen LogP contribution in [0.1, 0.15) is 42.9 Å². The van der Waals surface area contributed by atoms with Crippen LogP contribution in [0.2, 0.25) is 0 Å². The Labute approximate surface area is 182 Å². The van der Waals surface area contributed by atoms with E-state index in [0.29, 0.717) is 11.7 Å². The summed E-state index contributed by atoms with van der Waals surface area (Å²) in [5.41, 5.74) is 3.13. The van der Waals surface area contributed by atoms with E-state index in [1.165, 1.54) is 10.9 Å². The third-order valence-electron chi connectivity index (χ3n) is 7.41. The number of pyridine rings is 1. The number of phenols is 1. The smallest absolute Gasteiger partial charge is 0.167 e. The zero-order chi connectivity index (χ0) is 20.8. The molecule has 0 saturated carbocycles. The van der Waals surface area contributed by atoms with Gasteiger partial charge in [0, 0.05) is 62.1 Å². The van der Waals surface area contributed by atoms with Gasteiger partial charge in [-0.25, -0.2) is 0 Å². The lowest BCUT2D eigenvalue weighted by atomic mass is 9.70. The lowest BCUT2D eigenvalue weighted by molar-refractivity contribution is -0.150. The van der Waals surface area contributed by atoms with Crippen LogP contribution in [-0.4, -0.2) is 40.3 Å². The molecule has 4 heterocycles. The van der Waals surface area contributed by atoms with Gasteiger partial charge in [0.1, 0.15) is 5.60 Å². The number of rotatable bonds is 2. The second-order valence-corrected chi connectivity index (χ2v) is 9.21. The molecule has 2 atom stereocenters. The number of piperidine rings is 1. The van der Waals surface area contributed by atoms with Gasteiger partial charge in [0.2, 0.25) is 0 Å². The molecule has 2 saturated heterocycles. The third-order valence-corrected chi connectivity index (χ3v) is 7.41. The highest BCUT2D eigenvalue weighted by atomic mass is 16.5. The van der Waals surface area contributed by atoms with Crippen molar-refractivity contribution in [3.8, 4) is 11.5 Å². The predicted molar refractivity (Wildman–Crippen MR) is 119 cm³/mol. The molecule has 0 amide bonds. The molecule has 3 aliphatic heterocycles. The van der Waals surface area contributed by atoms with Gasteiger partial charge in [0.25, 0.3) is 0 Å². The first-order valence-corrected chi connectivity index (χ1v) is 11.4. The highest BCUT2D eigenvalue weighted by Gasteiger charge is 2.52. The number of aromatic hydroxyl groups is 1. The van der Waals surface area contributed by atoms with E-state index in [4.69, 9.17) is 9.47 Å². The van der Waals surface area contributed by atoms with Crippen LogP contribution in [-0.2, 0) is 11.3 Å². The van der Waals surface area contributed by atoms with Gasteiger partial charge in [-0.05, 0) is 42.7 Å². The van der Waals surface area contributed by atoms with E-state index in [1.807, 2.05) is 18.3 Å². The van der Waals surface area contributed by atoms with Crippen LogP contribution in [0.25, 0.3) is 10.9 Å². The molecule has 160 valence electrons. The highest BCUT2D eigenvalue weighted by molar-refractivity contribution is 5.78. The summed E-state index contributed by atoms with van der Waals surface area (Å²) in [5.74, 6) is 1.22. The van der Waals surface area contributed by atoms with Crippen LogP contribution in [0.5, 0.6) is 11.5 Å². The molecule has 3 aliphatic rings. The number of aromatic nitrogens is 1. The SMILES string of the molecule is Oc1cccc2c1OC1(CCN(Cc3ccc4ncccc4c3)CC1)[C@H]1CCCO[C@H]21. The lowest BCUT2D eigenvalue weighted by Crippen LogP contribution is -2.57. The molecular weight excluding hydrogens is 388 g/mol. The van der Waals surface area contributed by atoms with E-state index in [-0.39, 0.29) is 17.5 Å². The van der Waals surface area contributed by atoms with Crippen molar-refractivity contribution in [1.82, 2.24) is 9.88 Å². The summed E-state index contributed by atoms with van der Waals surface area (Å²) in [6.07, 6.45) is 5.99. The number of nitrogens with zero attached hydrogens (tertiary/aromatic N) is 2. The Balaban J connectivity index is 1.22. The average Bonchev–Trinajstić information content (AvgIpc) is 2.82. The average molecular weight is 417 g/mol. The van der Waals surface area contributed by atoms with E-state index >= 15 is 0 Å². The Hall–Kier alpha value is -2.63. The van der Waals surface area contributed by atoms with Gasteiger partial charge >= 0.3 is 0 Å². The quantitative estimate of drug-likeness (QED) is 0.648. The molecule has 6 rings (SSSR count). The van der Waals surface area contributed by atoms with Crippen molar-refractivity contribution in [3.05, 3.63) is 65.9 Å². The summed E-state index contributed by atoms with van der Waals surface area (Å²) in [6.45, 7) is 3.69. The minimum absolute atomic E-state index is 0.0316. The van der Waals surface area contributed by atoms with Crippen molar-refractivity contribution < 1.29 is 14.6 Å². The molecule has 1 aromatic heterocycles. The fourth-order valence-corrected chi connectivity index (χ4v) is 5.83. The molecule has 5 nitrogen and oxygen atoms in total. The third kappa shape index (κ3) is 3.27. The Morgan fingerprint density at radius 1 is 1.10 bits per heavy atom. The first-order chi connectivity index (χ1) is 15.2. The number of hydrogen-bond donors (Lipinski definition) is 1. The maximum absolute atomic E-state index is 10.5. The van der Waals surface area contributed by atoms with Crippen LogP contribution in [0.4, 0.5) is 0 Å². The molecule has 2 fully saturated rings. The van der Waals surface area contributed by atoms with Gasteiger partial charge in [0.05, 0.1) is 11.6 Å². The van der Waals surface area contributed by atoms with Gasteiger partial charge in [-0.1, -0.05) is 24.3 Å². The van der Waals surface area contributed by atoms with E-state index < -0.39 is 0 Å². The normalized spacial score (nSPS) is 25.0. The van der Waals surface area contributed by atoms with E-state index in [1.54, 1.807) is 6.07 Å². The predicted octanol–water partition coefficient (Wildman–Crippen LogP) is 4.84. The van der Waals surface area contributed by atoms with Crippen molar-refractivity contribution in [2.45, 2.75) is 43.9 Å². The van der Waals surface area contributed by atoms with Crippen molar-refractivity contribution in [2.75, 3.05) is 19.7 Å². The number of likely N-dealkylation sites (tertiary alicyclic amines) is 1. The molecule has 0 aliphatic carbocycles. The number of benzene rings is 2. The minimum Gasteiger partial charge on any atom is -0.504 e. The van der Waals surface area contributed by atoms with Crippen molar-refractivity contribution in [1.29, 1.82) is 0 Å². The van der Waals surface area contributed by atoms with Crippen molar-refractivity contribution in [3.63, 3.8) is 0 Å². The topological polar surface area (TPSA) is 54.8 Å². The maximum atomic E-state index is 10.5. The zero-order valence-corrected chi connectivity index (χ0v) is 17.7. The number of hydrogen-bond acceptors (Lipinski definition) is 5. The van der Waals surface area contributed by atoms with Crippen LogP contribution in [0.15, 0.2) is 54.7 Å². The Kier molecular flexibility index (Phi) is 4.62. The largest absolute Gasteiger partial charge is 0.504 e. The Bertz CT molecular complexity index is 1110. The monoisotopic (exact) mass is 416 g/mol. The first-order valence-electron chi connectivity index (χ1n) is 11.4. The van der Waals surface area contributed by atoms with Gasteiger partial charge in [-0.2, -0.15) is 0 Å². The number of ether oxygens (including phenoxy) is 2. The second-order valence-electron chi connectivity index (χ2n) is 9.21. The summed E-state index contributed by atoms with van der Waals surface area (Å²) in [7, 11) is 0. The fraction of sp³-hybridized carbons (Fsp3) is 0.423. The van der Waals surface area contributed by atoms with Gasteiger partial charge in [0.15, 0.2) is 11.5 Å². The fourth-order valence-electron chi connectivity index (χ4n) is 5.83.